The largest absolute Gasteiger partial charge is 0.450 e. The summed E-state index contributed by atoms with van der Waals surface area (Å²) in [4.78, 5) is 21.1. The van der Waals surface area contributed by atoms with Gasteiger partial charge in [-0.25, -0.2) is 4.79 Å². The van der Waals surface area contributed by atoms with Gasteiger partial charge in [-0.3, -0.25) is 4.98 Å². The summed E-state index contributed by atoms with van der Waals surface area (Å²) in [6.45, 7) is 8.50. The summed E-state index contributed by atoms with van der Waals surface area (Å²) < 4.78 is 5.17. The van der Waals surface area contributed by atoms with E-state index in [1.165, 1.54) is 30.5 Å². The zero-order chi connectivity index (χ0) is 18.4. The van der Waals surface area contributed by atoms with Gasteiger partial charge in [0.15, 0.2) is 0 Å². The van der Waals surface area contributed by atoms with Gasteiger partial charge in [0, 0.05) is 31.0 Å². The minimum atomic E-state index is -0.143. The van der Waals surface area contributed by atoms with Gasteiger partial charge in [0.25, 0.3) is 0 Å². The van der Waals surface area contributed by atoms with Crippen LogP contribution in [0.1, 0.15) is 63.1 Å². The Kier molecular flexibility index (Phi) is 6.89. The molecule has 0 spiro atoms. The Labute approximate surface area is 157 Å². The molecule has 0 bridgehead atoms. The normalized spacial score (nSPS) is 22.8. The lowest BCUT2D eigenvalue weighted by molar-refractivity contribution is 0.105. The zero-order valence-corrected chi connectivity index (χ0v) is 16.3. The van der Waals surface area contributed by atoms with E-state index in [1.54, 1.807) is 0 Å². The molecule has 1 aromatic rings. The van der Waals surface area contributed by atoms with Crippen LogP contribution in [0.3, 0.4) is 0 Å². The average Bonchev–Trinajstić information content (AvgIpc) is 2.94. The first-order valence-corrected chi connectivity index (χ1v) is 10.3. The number of hydrogen-bond donors (Lipinski definition) is 0. The number of ether oxygens (including phenoxy) is 1. The van der Waals surface area contributed by atoms with Crippen LogP contribution in [0.15, 0.2) is 18.3 Å². The Hall–Kier alpha value is -1.62. The van der Waals surface area contributed by atoms with Gasteiger partial charge in [0.05, 0.1) is 6.61 Å². The highest BCUT2D eigenvalue weighted by Crippen LogP contribution is 2.32. The fourth-order valence-corrected chi connectivity index (χ4v) is 4.53. The van der Waals surface area contributed by atoms with Crippen LogP contribution in [0, 0.1) is 0 Å². The monoisotopic (exact) mass is 359 g/mol. The third-order valence-corrected chi connectivity index (χ3v) is 5.97. The molecule has 2 saturated heterocycles. The molecule has 3 rings (SSSR count). The number of likely N-dealkylation sites (tertiary alicyclic amines) is 2. The molecule has 1 unspecified atom stereocenters. The van der Waals surface area contributed by atoms with Crippen molar-refractivity contribution in [3.63, 3.8) is 0 Å². The predicted molar refractivity (Wildman–Crippen MR) is 103 cm³/mol. The molecular formula is C21H33N3O2. The second-order valence-electron chi connectivity index (χ2n) is 7.47. The molecule has 0 radical (unpaired) electrons. The molecule has 1 aromatic heterocycles. The maximum Gasteiger partial charge on any atom is 0.409 e. The Morgan fingerprint density at radius 2 is 1.96 bits per heavy atom. The lowest BCUT2D eigenvalue weighted by Gasteiger charge is -2.37. The number of carbonyl (C=O) groups is 1. The highest BCUT2D eigenvalue weighted by molar-refractivity contribution is 5.67. The Bertz CT molecular complexity index is 584. The van der Waals surface area contributed by atoms with Gasteiger partial charge in [-0.2, -0.15) is 0 Å². The molecule has 5 heteroatoms. The summed E-state index contributed by atoms with van der Waals surface area (Å²) in [6, 6.07) is 4.96. The molecule has 1 atom stereocenters. The van der Waals surface area contributed by atoms with Crippen LogP contribution in [-0.4, -0.2) is 59.7 Å². The molecular weight excluding hydrogens is 326 g/mol. The minimum absolute atomic E-state index is 0.143. The van der Waals surface area contributed by atoms with Crippen LogP contribution in [0.2, 0.25) is 0 Å². The van der Waals surface area contributed by atoms with Gasteiger partial charge in [-0.1, -0.05) is 13.0 Å². The van der Waals surface area contributed by atoms with E-state index >= 15 is 0 Å². The van der Waals surface area contributed by atoms with Crippen LogP contribution in [0.25, 0.3) is 0 Å². The molecule has 144 valence electrons. The first-order valence-electron chi connectivity index (χ1n) is 10.3. The quantitative estimate of drug-likeness (QED) is 0.819. The molecule has 1 amide bonds. The van der Waals surface area contributed by atoms with Gasteiger partial charge >= 0.3 is 6.09 Å². The number of nitrogens with zero attached hydrogens (tertiary/aromatic N) is 3. The molecule has 0 saturated carbocycles. The van der Waals surface area contributed by atoms with Gasteiger partial charge < -0.3 is 14.5 Å². The average molecular weight is 360 g/mol. The van der Waals surface area contributed by atoms with E-state index in [0.29, 0.717) is 18.6 Å². The van der Waals surface area contributed by atoms with Crippen LogP contribution >= 0.6 is 0 Å². The van der Waals surface area contributed by atoms with Crippen molar-refractivity contribution in [1.82, 2.24) is 14.8 Å². The SMILES string of the molecule is CCOC(=O)N1CCCC(N2CCC(c3cccnc3CC)CC2)CC1. The number of aromatic nitrogens is 1. The van der Waals surface area contributed by atoms with Crippen molar-refractivity contribution in [2.75, 3.05) is 32.8 Å². The van der Waals surface area contributed by atoms with Crippen molar-refractivity contribution in [2.45, 2.75) is 64.3 Å². The van der Waals surface area contributed by atoms with Crippen LogP contribution < -0.4 is 0 Å². The van der Waals surface area contributed by atoms with Crippen molar-refractivity contribution in [3.05, 3.63) is 29.6 Å². The Balaban J connectivity index is 1.53. The van der Waals surface area contributed by atoms with E-state index in [1.807, 2.05) is 18.0 Å². The third kappa shape index (κ3) is 4.56. The molecule has 2 fully saturated rings. The smallest absolute Gasteiger partial charge is 0.409 e. The van der Waals surface area contributed by atoms with Gasteiger partial charge in [-0.15, -0.1) is 0 Å². The molecule has 0 aliphatic carbocycles. The second kappa shape index (κ2) is 9.36. The summed E-state index contributed by atoms with van der Waals surface area (Å²) in [5, 5.41) is 0. The lowest BCUT2D eigenvalue weighted by Crippen LogP contribution is -2.42. The summed E-state index contributed by atoms with van der Waals surface area (Å²) in [5.74, 6) is 0.650. The molecule has 0 N–H and O–H groups in total. The van der Waals surface area contributed by atoms with Crippen LogP contribution in [0.4, 0.5) is 4.79 Å². The number of pyridine rings is 1. The summed E-state index contributed by atoms with van der Waals surface area (Å²) in [5.41, 5.74) is 2.73. The maximum atomic E-state index is 12.0. The number of piperidine rings is 1. The molecule has 0 aromatic carbocycles. The van der Waals surface area contributed by atoms with E-state index in [0.717, 1.165) is 45.4 Å². The van der Waals surface area contributed by atoms with Gasteiger partial charge in [0.1, 0.15) is 0 Å². The number of aryl methyl sites for hydroxylation is 1. The predicted octanol–water partition coefficient (Wildman–Crippen LogP) is 3.83. The van der Waals surface area contributed by atoms with E-state index < -0.39 is 0 Å². The van der Waals surface area contributed by atoms with Crippen molar-refractivity contribution >= 4 is 6.09 Å². The second-order valence-corrected chi connectivity index (χ2v) is 7.47. The molecule has 2 aliphatic rings. The minimum Gasteiger partial charge on any atom is -0.450 e. The van der Waals surface area contributed by atoms with Crippen molar-refractivity contribution in [3.8, 4) is 0 Å². The van der Waals surface area contributed by atoms with E-state index in [-0.39, 0.29) is 6.09 Å². The van der Waals surface area contributed by atoms with Crippen molar-refractivity contribution < 1.29 is 9.53 Å². The number of carbonyl (C=O) groups excluding carboxylic acids is 1. The summed E-state index contributed by atoms with van der Waals surface area (Å²) in [6.07, 6.45) is 8.56. The Morgan fingerprint density at radius 1 is 1.15 bits per heavy atom. The topological polar surface area (TPSA) is 45.7 Å². The first-order chi connectivity index (χ1) is 12.7. The molecule has 2 aliphatic heterocycles. The standard InChI is InChI=1S/C21H33N3O2/c1-3-20-19(8-5-12-22-20)17-9-14-23(15-10-17)18-7-6-13-24(16-11-18)21(25)26-4-2/h5,8,12,17-18H,3-4,6-7,9-11,13-16H2,1-2H3. The van der Waals surface area contributed by atoms with Crippen LogP contribution in [-0.2, 0) is 11.2 Å². The van der Waals surface area contributed by atoms with Crippen molar-refractivity contribution in [2.24, 2.45) is 0 Å². The van der Waals surface area contributed by atoms with E-state index in [9.17, 15) is 4.79 Å². The first kappa shape index (κ1) is 19.2. The van der Waals surface area contributed by atoms with E-state index in [4.69, 9.17) is 4.74 Å². The fourth-order valence-electron chi connectivity index (χ4n) is 4.53. The summed E-state index contributed by atoms with van der Waals surface area (Å²) in [7, 11) is 0. The number of hydrogen-bond acceptors (Lipinski definition) is 4. The highest BCUT2D eigenvalue weighted by Gasteiger charge is 2.29. The fraction of sp³-hybridized carbons (Fsp3) is 0.714. The number of amides is 1. The highest BCUT2D eigenvalue weighted by atomic mass is 16.6. The third-order valence-electron chi connectivity index (χ3n) is 5.97. The van der Waals surface area contributed by atoms with E-state index in [2.05, 4.69) is 28.9 Å². The lowest BCUT2D eigenvalue weighted by atomic mass is 9.87. The summed E-state index contributed by atoms with van der Waals surface area (Å²) >= 11 is 0. The van der Waals surface area contributed by atoms with Gasteiger partial charge in [0.2, 0.25) is 0 Å². The maximum absolute atomic E-state index is 12.0. The molecule has 26 heavy (non-hydrogen) atoms. The molecule has 3 heterocycles. The van der Waals surface area contributed by atoms with Gasteiger partial charge in [-0.05, 0) is 76.1 Å². The zero-order valence-electron chi connectivity index (χ0n) is 16.3. The van der Waals surface area contributed by atoms with Crippen molar-refractivity contribution in [1.29, 1.82) is 0 Å². The number of rotatable bonds is 4. The molecule has 5 nitrogen and oxygen atoms in total. The van der Waals surface area contributed by atoms with Crippen LogP contribution in [0.5, 0.6) is 0 Å². The Morgan fingerprint density at radius 3 is 2.69 bits per heavy atom.